The van der Waals surface area contributed by atoms with Crippen molar-refractivity contribution in [1.29, 1.82) is 0 Å². The first kappa shape index (κ1) is 22.4. The van der Waals surface area contributed by atoms with Crippen LogP contribution in [0.1, 0.15) is 42.7 Å². The van der Waals surface area contributed by atoms with Crippen LogP contribution in [-0.4, -0.2) is 27.3 Å². The van der Waals surface area contributed by atoms with Crippen LogP contribution in [0.25, 0.3) is 0 Å². The molecule has 0 amide bonds. The molecule has 0 bridgehead atoms. The zero-order valence-electron chi connectivity index (χ0n) is 16.7. The lowest BCUT2D eigenvalue weighted by Gasteiger charge is -2.29. The highest BCUT2D eigenvalue weighted by Gasteiger charge is 2.30. The monoisotopic (exact) mass is 417 g/mol. The molecule has 0 fully saturated rings. The van der Waals surface area contributed by atoms with Crippen LogP contribution < -0.4 is 4.72 Å². The van der Waals surface area contributed by atoms with Crippen molar-refractivity contribution in [1.82, 2.24) is 4.72 Å². The van der Waals surface area contributed by atoms with E-state index in [1.165, 1.54) is 0 Å². The van der Waals surface area contributed by atoms with Gasteiger partial charge in [0, 0.05) is 4.90 Å². The summed E-state index contributed by atoms with van der Waals surface area (Å²) >= 11 is 1.64. The van der Waals surface area contributed by atoms with E-state index in [2.05, 4.69) is 11.3 Å². The summed E-state index contributed by atoms with van der Waals surface area (Å²) < 4.78 is 21.2. The van der Waals surface area contributed by atoms with Gasteiger partial charge >= 0.3 is 5.97 Å². The number of carbonyl (C=O) groups excluding carboxylic acids is 1. The molecule has 1 unspecified atom stereocenters. The Labute approximate surface area is 174 Å². The lowest BCUT2D eigenvalue weighted by molar-refractivity contribution is 0.0336. The van der Waals surface area contributed by atoms with Gasteiger partial charge in [-0.25, -0.2) is 13.7 Å². The van der Waals surface area contributed by atoms with Gasteiger partial charge < -0.3 is 4.74 Å². The number of hydrogen-bond donors (Lipinski definition) is 1. The van der Waals surface area contributed by atoms with Crippen LogP contribution in [0.2, 0.25) is 0 Å². The van der Waals surface area contributed by atoms with Gasteiger partial charge in [0.05, 0.1) is 27.3 Å². The Morgan fingerprint density at radius 1 is 1.14 bits per heavy atom. The van der Waals surface area contributed by atoms with Gasteiger partial charge in [-0.15, -0.1) is 11.8 Å². The molecule has 150 valence electrons. The number of ether oxygens (including phenoxy) is 1. The topological polar surface area (TPSA) is 55.4 Å². The van der Waals surface area contributed by atoms with E-state index in [0.717, 1.165) is 10.5 Å². The molecule has 3 atom stereocenters. The third kappa shape index (κ3) is 6.06. The van der Waals surface area contributed by atoms with E-state index in [1.807, 2.05) is 57.4 Å². The van der Waals surface area contributed by atoms with E-state index >= 15 is 0 Å². The summed E-state index contributed by atoms with van der Waals surface area (Å²) in [4.78, 5) is 13.7. The van der Waals surface area contributed by atoms with E-state index < -0.39 is 33.8 Å². The molecule has 0 saturated carbocycles. The fraction of sp³-hybridized carbons (Fsp3) is 0.318. The maximum absolute atomic E-state index is 12.8. The second-order valence-corrected chi connectivity index (χ2v) is 10.1. The van der Waals surface area contributed by atoms with Crippen LogP contribution >= 0.6 is 11.8 Å². The number of esters is 1. The first-order valence-electron chi connectivity index (χ1n) is 8.97. The van der Waals surface area contributed by atoms with Crippen LogP contribution in [-0.2, 0) is 15.7 Å². The lowest BCUT2D eigenvalue weighted by atomic mass is 10.0. The summed E-state index contributed by atoms with van der Waals surface area (Å²) in [6.45, 7) is 9.51. The summed E-state index contributed by atoms with van der Waals surface area (Å²) in [5.74, 6) is -0.445. The predicted octanol–water partition coefficient (Wildman–Crippen LogP) is 4.91. The molecule has 0 heterocycles. The first-order chi connectivity index (χ1) is 13.3. The summed E-state index contributed by atoms with van der Waals surface area (Å²) in [6.07, 6.45) is 2.90. The Morgan fingerprint density at radius 2 is 1.75 bits per heavy atom. The van der Waals surface area contributed by atoms with Crippen molar-refractivity contribution in [3.63, 3.8) is 0 Å². The molecule has 2 aromatic rings. The molecular formula is C22H27NO3S2. The van der Waals surface area contributed by atoms with Crippen molar-refractivity contribution >= 4 is 28.7 Å². The van der Waals surface area contributed by atoms with Gasteiger partial charge in [-0.2, -0.15) is 0 Å². The highest BCUT2D eigenvalue weighted by molar-refractivity contribution is 7.98. The molecule has 0 aromatic heterocycles. The minimum Gasteiger partial charge on any atom is -0.452 e. The van der Waals surface area contributed by atoms with Gasteiger partial charge in [0.15, 0.2) is 0 Å². The number of benzene rings is 2. The minimum absolute atomic E-state index is 0.445. The maximum atomic E-state index is 12.8. The van der Waals surface area contributed by atoms with Gasteiger partial charge in [-0.1, -0.05) is 36.9 Å². The molecule has 1 N–H and O–H groups in total. The minimum atomic E-state index is -1.35. The molecule has 4 nitrogen and oxygen atoms in total. The Balaban J connectivity index is 2.32. The third-order valence-electron chi connectivity index (χ3n) is 4.08. The van der Waals surface area contributed by atoms with Crippen LogP contribution in [0, 0.1) is 0 Å². The van der Waals surface area contributed by atoms with Gasteiger partial charge in [0.25, 0.3) is 0 Å². The molecule has 0 radical (unpaired) electrons. The third-order valence-corrected chi connectivity index (χ3v) is 6.40. The summed E-state index contributed by atoms with van der Waals surface area (Å²) in [5, 5.41) is 0. The van der Waals surface area contributed by atoms with E-state index in [-0.39, 0.29) is 0 Å². The fourth-order valence-corrected chi connectivity index (χ4v) is 3.71. The predicted molar refractivity (Wildman–Crippen MR) is 118 cm³/mol. The Morgan fingerprint density at radius 3 is 2.25 bits per heavy atom. The van der Waals surface area contributed by atoms with Crippen molar-refractivity contribution in [3.05, 3.63) is 78.4 Å². The number of rotatable bonds is 8. The number of hydrogen-bond acceptors (Lipinski definition) is 4. The Kier molecular flexibility index (Phi) is 8.04. The zero-order valence-corrected chi connectivity index (χ0v) is 18.3. The fourth-order valence-electron chi connectivity index (χ4n) is 2.45. The Hall–Kier alpha value is -1.89. The van der Waals surface area contributed by atoms with Crippen molar-refractivity contribution < 1.29 is 13.7 Å². The zero-order chi connectivity index (χ0) is 20.7. The standard InChI is InChI=1S/C22H27NO3S2/c1-6-19(26-21(24)17-10-8-7-9-11-17)20(23-28(25)22(2,3)4)16-12-14-18(27-5)15-13-16/h6-15,19-20,23H,1H2,2-5H3/t19-,20+,28?/m1/s1. The van der Waals surface area contributed by atoms with Crippen LogP contribution in [0.4, 0.5) is 0 Å². The molecule has 2 rings (SSSR count). The van der Waals surface area contributed by atoms with Crippen LogP contribution in [0.3, 0.4) is 0 Å². The second kappa shape index (κ2) is 10.0. The highest BCUT2D eigenvalue weighted by atomic mass is 32.2. The molecular weight excluding hydrogens is 390 g/mol. The van der Waals surface area contributed by atoms with E-state index in [1.54, 1.807) is 42.1 Å². The number of thioether (sulfide) groups is 1. The number of carbonyl (C=O) groups is 1. The van der Waals surface area contributed by atoms with Gasteiger partial charge in [0.2, 0.25) is 0 Å². The molecule has 0 saturated heterocycles. The molecule has 0 aliphatic carbocycles. The van der Waals surface area contributed by atoms with Gasteiger partial charge in [-0.05, 0) is 62.9 Å². The maximum Gasteiger partial charge on any atom is 0.338 e. The normalized spacial score (nSPS) is 14.7. The molecule has 0 spiro atoms. The highest BCUT2D eigenvalue weighted by Crippen LogP contribution is 2.26. The molecule has 28 heavy (non-hydrogen) atoms. The average Bonchev–Trinajstić information content (AvgIpc) is 2.70. The van der Waals surface area contributed by atoms with E-state index in [9.17, 15) is 9.00 Å². The van der Waals surface area contributed by atoms with Crippen molar-refractivity contribution in [2.75, 3.05) is 6.26 Å². The largest absolute Gasteiger partial charge is 0.452 e. The lowest BCUT2D eigenvalue weighted by Crippen LogP contribution is -2.41. The smallest absolute Gasteiger partial charge is 0.338 e. The quantitative estimate of drug-likeness (QED) is 0.377. The molecule has 6 heteroatoms. The van der Waals surface area contributed by atoms with Gasteiger partial charge in [0.1, 0.15) is 6.10 Å². The van der Waals surface area contributed by atoms with Crippen LogP contribution in [0.15, 0.2) is 72.1 Å². The Bertz CT molecular complexity index is 814. The SMILES string of the molecule is C=C[C@@H](OC(=O)c1ccccc1)[C@@H](NS(=O)C(C)(C)C)c1ccc(SC)cc1. The van der Waals surface area contributed by atoms with E-state index in [4.69, 9.17) is 4.74 Å². The molecule has 0 aliphatic heterocycles. The summed E-state index contributed by atoms with van der Waals surface area (Å²) in [7, 11) is -1.35. The first-order valence-corrected chi connectivity index (χ1v) is 11.3. The average molecular weight is 418 g/mol. The van der Waals surface area contributed by atoms with Crippen molar-refractivity contribution in [3.8, 4) is 0 Å². The van der Waals surface area contributed by atoms with E-state index in [0.29, 0.717) is 5.56 Å². The summed E-state index contributed by atoms with van der Waals surface area (Å²) in [5.41, 5.74) is 1.34. The molecule has 2 aromatic carbocycles. The van der Waals surface area contributed by atoms with Crippen LogP contribution in [0.5, 0.6) is 0 Å². The van der Waals surface area contributed by atoms with Gasteiger partial charge in [-0.3, -0.25) is 0 Å². The number of nitrogens with one attached hydrogen (secondary N) is 1. The molecule has 0 aliphatic rings. The second-order valence-electron chi connectivity index (χ2n) is 7.22. The van der Waals surface area contributed by atoms with Crippen molar-refractivity contribution in [2.45, 2.75) is 42.6 Å². The summed E-state index contributed by atoms with van der Waals surface area (Å²) in [6, 6.07) is 16.2. The van der Waals surface area contributed by atoms with Crippen molar-refractivity contribution in [2.24, 2.45) is 0 Å².